The normalized spacial score (nSPS) is 10.6. The largest absolute Gasteiger partial charge is 0.477 e. The van der Waals surface area contributed by atoms with Crippen molar-refractivity contribution in [3.05, 3.63) is 35.5 Å². The molecule has 0 radical (unpaired) electrons. The van der Waals surface area contributed by atoms with Crippen LogP contribution in [0.2, 0.25) is 0 Å². The molecule has 5 nitrogen and oxygen atoms in total. The number of carboxylic acid groups (broad SMARTS) is 1. The van der Waals surface area contributed by atoms with Crippen molar-refractivity contribution in [1.29, 1.82) is 0 Å². The second-order valence-corrected chi connectivity index (χ2v) is 3.89. The molecule has 0 aliphatic carbocycles. The number of hydrogen-bond donors (Lipinski definition) is 1. The molecule has 94 valence electrons. The molecule has 0 aliphatic heterocycles. The molecule has 0 atom stereocenters. The highest BCUT2D eigenvalue weighted by molar-refractivity contribution is 5.98. The summed E-state index contributed by atoms with van der Waals surface area (Å²) in [4.78, 5) is 22.6. The summed E-state index contributed by atoms with van der Waals surface area (Å²) in [5, 5.41) is 9.73. The van der Waals surface area contributed by atoms with E-state index in [1.54, 1.807) is 42.8 Å². The van der Waals surface area contributed by atoms with Gasteiger partial charge in [-0.25, -0.2) is 9.59 Å². The summed E-state index contributed by atoms with van der Waals surface area (Å²) in [5.74, 6) is -1.40. The molecule has 0 aliphatic rings. The number of aromatic carboxylic acids is 1. The number of carboxylic acids is 1. The number of hydrogen-bond acceptors (Lipinski definition) is 3. The van der Waals surface area contributed by atoms with Crippen molar-refractivity contribution in [2.75, 3.05) is 6.61 Å². The average molecular weight is 247 g/mol. The number of aryl methyl sites for hydroxylation is 1. The highest BCUT2D eigenvalue weighted by Gasteiger charge is 2.14. The fraction of sp³-hybridized carbons (Fsp3) is 0.231. The molecule has 0 fully saturated rings. The van der Waals surface area contributed by atoms with Crippen LogP contribution in [0.1, 0.15) is 27.8 Å². The standard InChI is InChI=1S/C13H13NO4/c1-3-18-13(17)8-4-5-10-9(6-8)7-11(12(15)16)14(10)2/h4-7H,3H2,1-2H3,(H,15,16). The van der Waals surface area contributed by atoms with Crippen LogP contribution in [0.5, 0.6) is 0 Å². The van der Waals surface area contributed by atoms with Gasteiger partial charge in [-0.1, -0.05) is 0 Å². The lowest BCUT2D eigenvalue weighted by molar-refractivity contribution is 0.0526. The Kier molecular flexibility index (Phi) is 3.06. The van der Waals surface area contributed by atoms with Gasteiger partial charge in [0.2, 0.25) is 0 Å². The minimum atomic E-state index is -0.994. The zero-order chi connectivity index (χ0) is 13.3. The molecular weight excluding hydrogens is 234 g/mol. The first kappa shape index (κ1) is 12.2. The van der Waals surface area contributed by atoms with Crippen LogP contribution < -0.4 is 0 Å². The lowest BCUT2D eigenvalue weighted by atomic mass is 10.1. The Labute approximate surface area is 104 Å². The van der Waals surface area contributed by atoms with E-state index >= 15 is 0 Å². The van der Waals surface area contributed by atoms with Crippen molar-refractivity contribution in [2.24, 2.45) is 7.05 Å². The zero-order valence-corrected chi connectivity index (χ0v) is 10.1. The predicted octanol–water partition coefficient (Wildman–Crippen LogP) is 2.05. The summed E-state index contributed by atoms with van der Waals surface area (Å²) >= 11 is 0. The Morgan fingerprint density at radius 1 is 1.33 bits per heavy atom. The third-order valence-electron chi connectivity index (χ3n) is 2.77. The molecule has 1 aromatic carbocycles. The lowest BCUT2D eigenvalue weighted by Crippen LogP contribution is -2.04. The van der Waals surface area contributed by atoms with Gasteiger partial charge >= 0.3 is 11.9 Å². The number of fused-ring (bicyclic) bond motifs is 1. The maximum absolute atomic E-state index is 11.6. The van der Waals surface area contributed by atoms with E-state index in [9.17, 15) is 9.59 Å². The molecule has 2 aromatic rings. The molecule has 0 bridgehead atoms. The van der Waals surface area contributed by atoms with E-state index in [1.165, 1.54) is 0 Å². The van der Waals surface area contributed by atoms with Crippen LogP contribution in [0, 0.1) is 0 Å². The van der Waals surface area contributed by atoms with Gasteiger partial charge in [-0.3, -0.25) is 0 Å². The Balaban J connectivity index is 2.52. The van der Waals surface area contributed by atoms with Gasteiger partial charge < -0.3 is 14.4 Å². The SMILES string of the molecule is CCOC(=O)c1ccc2c(c1)cc(C(=O)O)n2C. The van der Waals surface area contributed by atoms with Crippen molar-refractivity contribution in [3.63, 3.8) is 0 Å². The van der Waals surface area contributed by atoms with Crippen LogP contribution in [-0.4, -0.2) is 28.2 Å². The van der Waals surface area contributed by atoms with E-state index in [-0.39, 0.29) is 5.69 Å². The third kappa shape index (κ3) is 1.95. The second-order valence-electron chi connectivity index (χ2n) is 3.89. The highest BCUT2D eigenvalue weighted by atomic mass is 16.5. The number of ether oxygens (including phenoxy) is 1. The first-order valence-electron chi connectivity index (χ1n) is 5.54. The van der Waals surface area contributed by atoms with Crippen molar-refractivity contribution in [1.82, 2.24) is 4.57 Å². The molecular formula is C13H13NO4. The number of nitrogens with zero attached hydrogens (tertiary/aromatic N) is 1. The Bertz CT molecular complexity index is 627. The number of benzene rings is 1. The molecule has 0 unspecified atom stereocenters. The van der Waals surface area contributed by atoms with Gasteiger partial charge in [0.25, 0.3) is 0 Å². The maximum Gasteiger partial charge on any atom is 0.352 e. The highest BCUT2D eigenvalue weighted by Crippen LogP contribution is 2.20. The van der Waals surface area contributed by atoms with E-state index in [4.69, 9.17) is 9.84 Å². The minimum Gasteiger partial charge on any atom is -0.477 e. The van der Waals surface area contributed by atoms with Crippen LogP contribution in [0.3, 0.4) is 0 Å². The second kappa shape index (κ2) is 4.52. The van der Waals surface area contributed by atoms with E-state index in [2.05, 4.69) is 0 Å². The van der Waals surface area contributed by atoms with Gasteiger partial charge in [0.1, 0.15) is 5.69 Å². The number of carbonyl (C=O) groups excluding carboxylic acids is 1. The lowest BCUT2D eigenvalue weighted by Gasteiger charge is -2.02. The van der Waals surface area contributed by atoms with Crippen molar-refractivity contribution in [3.8, 4) is 0 Å². The number of rotatable bonds is 3. The van der Waals surface area contributed by atoms with Gasteiger partial charge in [0.15, 0.2) is 0 Å². The third-order valence-corrected chi connectivity index (χ3v) is 2.77. The van der Waals surface area contributed by atoms with Crippen LogP contribution in [0.4, 0.5) is 0 Å². The van der Waals surface area contributed by atoms with Crippen LogP contribution in [0.25, 0.3) is 10.9 Å². The summed E-state index contributed by atoms with van der Waals surface area (Å²) in [6, 6.07) is 6.53. The number of esters is 1. The van der Waals surface area contributed by atoms with Crippen LogP contribution in [0.15, 0.2) is 24.3 Å². The van der Waals surface area contributed by atoms with E-state index in [1.807, 2.05) is 0 Å². The summed E-state index contributed by atoms with van der Waals surface area (Å²) in [5.41, 5.74) is 1.37. The van der Waals surface area contributed by atoms with Gasteiger partial charge in [0.05, 0.1) is 12.2 Å². The van der Waals surface area contributed by atoms with Gasteiger partial charge in [0, 0.05) is 18.0 Å². The molecule has 18 heavy (non-hydrogen) atoms. The summed E-state index contributed by atoms with van der Waals surface area (Å²) in [7, 11) is 1.68. The van der Waals surface area contributed by atoms with E-state index in [0.717, 1.165) is 5.52 Å². The first-order chi connectivity index (χ1) is 8.54. The van der Waals surface area contributed by atoms with Gasteiger partial charge in [-0.15, -0.1) is 0 Å². The summed E-state index contributed by atoms with van der Waals surface area (Å²) in [6.07, 6.45) is 0. The van der Waals surface area contributed by atoms with Crippen molar-refractivity contribution < 1.29 is 19.4 Å². The Morgan fingerprint density at radius 2 is 2.06 bits per heavy atom. The smallest absolute Gasteiger partial charge is 0.352 e. The molecule has 0 saturated heterocycles. The van der Waals surface area contributed by atoms with Crippen LogP contribution in [-0.2, 0) is 11.8 Å². The zero-order valence-electron chi connectivity index (χ0n) is 10.1. The molecule has 2 rings (SSSR count). The van der Waals surface area contributed by atoms with E-state index < -0.39 is 11.9 Å². The van der Waals surface area contributed by atoms with Crippen LogP contribution >= 0.6 is 0 Å². The maximum atomic E-state index is 11.6. The van der Waals surface area contributed by atoms with Gasteiger partial charge in [-0.05, 0) is 31.2 Å². The summed E-state index contributed by atoms with van der Waals surface area (Å²) in [6.45, 7) is 2.05. The fourth-order valence-corrected chi connectivity index (χ4v) is 1.90. The molecule has 0 spiro atoms. The van der Waals surface area contributed by atoms with Gasteiger partial charge in [-0.2, -0.15) is 0 Å². The first-order valence-corrected chi connectivity index (χ1v) is 5.54. The molecule has 5 heteroatoms. The van der Waals surface area contributed by atoms with Crippen molar-refractivity contribution >= 4 is 22.8 Å². The minimum absolute atomic E-state index is 0.186. The topological polar surface area (TPSA) is 68.5 Å². The Morgan fingerprint density at radius 3 is 2.67 bits per heavy atom. The monoisotopic (exact) mass is 247 g/mol. The predicted molar refractivity (Wildman–Crippen MR) is 65.8 cm³/mol. The Hall–Kier alpha value is -2.30. The fourth-order valence-electron chi connectivity index (χ4n) is 1.90. The quantitative estimate of drug-likeness (QED) is 0.843. The molecule has 1 aromatic heterocycles. The molecule has 0 saturated carbocycles. The average Bonchev–Trinajstić information content (AvgIpc) is 2.67. The van der Waals surface area contributed by atoms with Crippen molar-refractivity contribution in [2.45, 2.75) is 6.92 Å². The van der Waals surface area contributed by atoms with E-state index in [0.29, 0.717) is 17.6 Å². The number of aromatic nitrogens is 1. The molecule has 0 amide bonds. The number of carbonyl (C=O) groups is 2. The molecule has 1 heterocycles. The molecule has 1 N–H and O–H groups in total. The summed E-state index contributed by atoms with van der Waals surface area (Å²) < 4.78 is 6.48.